The Balaban J connectivity index is 1.65. The predicted molar refractivity (Wildman–Crippen MR) is 126 cm³/mol. The first-order valence-corrected chi connectivity index (χ1v) is 11.2. The van der Waals surface area contributed by atoms with Crippen molar-refractivity contribution >= 4 is 40.7 Å². The van der Waals surface area contributed by atoms with E-state index in [1.165, 1.54) is 4.90 Å². The third-order valence-corrected chi connectivity index (χ3v) is 6.41. The largest absolute Gasteiger partial charge is 0.507 e. The summed E-state index contributed by atoms with van der Waals surface area (Å²) < 4.78 is 11.1. The average molecular weight is 497 g/mol. The Bertz CT molecular complexity index is 1330. The van der Waals surface area contributed by atoms with Crippen LogP contribution >= 0.6 is 23.2 Å². The predicted octanol–water partition coefficient (Wildman–Crippen LogP) is 4.78. The number of aliphatic hydroxyl groups is 1. The third-order valence-electron chi connectivity index (χ3n) is 5.67. The first-order chi connectivity index (χ1) is 16.4. The van der Waals surface area contributed by atoms with E-state index in [4.69, 9.17) is 32.7 Å². The zero-order chi connectivity index (χ0) is 23.8. The smallest absolute Gasteiger partial charge is 0.296 e. The van der Waals surface area contributed by atoms with E-state index in [1.54, 1.807) is 60.8 Å². The van der Waals surface area contributed by atoms with Crippen LogP contribution in [0.25, 0.3) is 5.76 Å². The molecule has 2 aromatic carbocycles. The lowest BCUT2D eigenvalue weighted by molar-refractivity contribution is -0.140. The molecule has 2 aliphatic rings. The average Bonchev–Trinajstić information content (AvgIpc) is 3.10. The van der Waals surface area contributed by atoms with Crippen molar-refractivity contribution in [3.8, 4) is 11.5 Å². The van der Waals surface area contributed by atoms with Crippen LogP contribution in [0.2, 0.25) is 10.0 Å². The molecule has 0 spiro atoms. The first-order valence-electron chi connectivity index (χ1n) is 10.5. The molecule has 34 heavy (non-hydrogen) atoms. The summed E-state index contributed by atoms with van der Waals surface area (Å²) in [5.74, 6) is -0.890. The van der Waals surface area contributed by atoms with E-state index in [0.717, 1.165) is 0 Å². The minimum absolute atomic E-state index is 0.0593. The van der Waals surface area contributed by atoms with Gasteiger partial charge < -0.3 is 19.5 Å². The number of halogens is 2. The van der Waals surface area contributed by atoms with E-state index in [-0.39, 0.29) is 22.9 Å². The Morgan fingerprint density at radius 3 is 2.53 bits per heavy atom. The van der Waals surface area contributed by atoms with Crippen LogP contribution in [0.15, 0.2) is 66.4 Å². The number of ether oxygens (including phenoxy) is 2. The third kappa shape index (κ3) is 3.97. The van der Waals surface area contributed by atoms with Gasteiger partial charge in [0.1, 0.15) is 19.0 Å². The maximum absolute atomic E-state index is 13.2. The molecular weight excluding hydrogens is 479 g/mol. The second kappa shape index (κ2) is 9.00. The molecule has 1 unspecified atom stereocenters. The lowest BCUT2D eigenvalue weighted by Crippen LogP contribution is -2.29. The summed E-state index contributed by atoms with van der Waals surface area (Å²) in [7, 11) is 0. The van der Waals surface area contributed by atoms with Gasteiger partial charge in [0.15, 0.2) is 11.5 Å². The van der Waals surface area contributed by atoms with Gasteiger partial charge in [0, 0.05) is 11.8 Å². The van der Waals surface area contributed by atoms with E-state index < -0.39 is 17.7 Å². The normalized spacial score (nSPS) is 18.9. The molecule has 0 radical (unpaired) electrons. The number of aliphatic hydroxyl groups excluding tert-OH is 1. The molecule has 3 heterocycles. The van der Waals surface area contributed by atoms with Crippen molar-refractivity contribution in [2.75, 3.05) is 13.2 Å². The number of pyridine rings is 1. The standard InChI is InChI=1S/C25H18Cl2N2O5/c26-17-6-4-14(11-18(17)27)22-21(23(30)15-5-7-19-20(12-15)34-10-9-33-19)24(31)25(32)29(22)13-16-3-1-2-8-28-16/h1-8,11-12,22,30H,9-10,13H2/b23-21-. The van der Waals surface area contributed by atoms with Gasteiger partial charge in [0.25, 0.3) is 11.7 Å². The summed E-state index contributed by atoms with van der Waals surface area (Å²) in [6.45, 7) is 0.859. The molecule has 1 amide bonds. The molecule has 1 N–H and O–H groups in total. The van der Waals surface area contributed by atoms with Crippen LogP contribution in [-0.2, 0) is 16.1 Å². The number of amides is 1. The van der Waals surface area contributed by atoms with Crippen LogP contribution in [0.1, 0.15) is 22.9 Å². The Kier molecular flexibility index (Phi) is 5.89. The Labute approximate surface area is 205 Å². The minimum Gasteiger partial charge on any atom is -0.507 e. The summed E-state index contributed by atoms with van der Waals surface area (Å²) in [4.78, 5) is 32.0. The van der Waals surface area contributed by atoms with Gasteiger partial charge in [-0.3, -0.25) is 14.6 Å². The number of carbonyl (C=O) groups is 2. The van der Waals surface area contributed by atoms with E-state index in [9.17, 15) is 14.7 Å². The molecule has 1 fully saturated rings. The molecule has 0 aliphatic carbocycles. The maximum Gasteiger partial charge on any atom is 0.296 e. The van der Waals surface area contributed by atoms with Gasteiger partial charge in [-0.15, -0.1) is 0 Å². The molecular formula is C25H18Cl2N2O5. The number of ketones is 1. The van der Waals surface area contributed by atoms with Gasteiger partial charge in [-0.25, -0.2) is 0 Å². The number of rotatable bonds is 4. The van der Waals surface area contributed by atoms with Crippen molar-refractivity contribution < 1.29 is 24.2 Å². The number of benzene rings is 2. The van der Waals surface area contributed by atoms with Crippen molar-refractivity contribution in [1.82, 2.24) is 9.88 Å². The van der Waals surface area contributed by atoms with Gasteiger partial charge in [-0.1, -0.05) is 35.3 Å². The van der Waals surface area contributed by atoms with Crippen molar-refractivity contribution in [2.45, 2.75) is 12.6 Å². The summed E-state index contributed by atoms with van der Waals surface area (Å²) in [6, 6.07) is 14.1. The van der Waals surface area contributed by atoms with Crippen LogP contribution in [0.3, 0.4) is 0 Å². The SMILES string of the molecule is O=C1C(=O)N(Cc2ccccn2)C(c2ccc(Cl)c(Cl)c2)/C1=C(/O)c1ccc2c(c1)OCCO2. The zero-order valence-corrected chi connectivity index (χ0v) is 19.2. The molecule has 2 aliphatic heterocycles. The van der Waals surface area contributed by atoms with Crippen molar-refractivity contribution in [3.63, 3.8) is 0 Å². The fourth-order valence-corrected chi connectivity index (χ4v) is 4.39. The Morgan fingerprint density at radius 2 is 1.79 bits per heavy atom. The fourth-order valence-electron chi connectivity index (χ4n) is 4.08. The molecule has 7 nitrogen and oxygen atoms in total. The summed E-state index contributed by atoms with van der Waals surface area (Å²) in [5.41, 5.74) is 1.39. The van der Waals surface area contributed by atoms with Crippen LogP contribution in [0.5, 0.6) is 11.5 Å². The first kappa shape index (κ1) is 22.3. The number of fused-ring (bicyclic) bond motifs is 1. The van der Waals surface area contributed by atoms with Crippen molar-refractivity contribution in [1.29, 1.82) is 0 Å². The number of Topliss-reactive ketones (excluding diaryl/α,β-unsaturated/α-hetero) is 1. The second-order valence-electron chi connectivity index (χ2n) is 7.78. The molecule has 0 bridgehead atoms. The van der Waals surface area contributed by atoms with Gasteiger partial charge in [0.2, 0.25) is 0 Å². The highest BCUT2D eigenvalue weighted by atomic mass is 35.5. The topological polar surface area (TPSA) is 89.0 Å². The number of hydrogen-bond acceptors (Lipinski definition) is 6. The van der Waals surface area contributed by atoms with E-state index >= 15 is 0 Å². The number of aromatic nitrogens is 1. The Morgan fingerprint density at radius 1 is 1.00 bits per heavy atom. The van der Waals surface area contributed by atoms with Crippen LogP contribution in [0.4, 0.5) is 0 Å². The number of carbonyl (C=O) groups excluding carboxylic acids is 2. The summed E-state index contributed by atoms with van der Waals surface area (Å²) in [5, 5.41) is 11.9. The molecule has 1 aromatic heterocycles. The number of nitrogens with zero attached hydrogens (tertiary/aromatic N) is 2. The minimum atomic E-state index is -0.898. The molecule has 9 heteroatoms. The highest BCUT2D eigenvalue weighted by Gasteiger charge is 2.46. The summed E-state index contributed by atoms with van der Waals surface area (Å²) in [6.07, 6.45) is 1.61. The number of likely N-dealkylation sites (tertiary alicyclic amines) is 1. The number of hydrogen-bond donors (Lipinski definition) is 1. The molecule has 1 atom stereocenters. The molecule has 3 aromatic rings. The van der Waals surface area contributed by atoms with Crippen LogP contribution < -0.4 is 9.47 Å². The maximum atomic E-state index is 13.2. The van der Waals surface area contributed by atoms with E-state index in [1.807, 2.05) is 0 Å². The zero-order valence-electron chi connectivity index (χ0n) is 17.7. The van der Waals surface area contributed by atoms with Gasteiger partial charge >= 0.3 is 0 Å². The van der Waals surface area contributed by atoms with E-state index in [2.05, 4.69) is 4.98 Å². The lowest BCUT2D eigenvalue weighted by atomic mass is 9.95. The molecule has 172 valence electrons. The van der Waals surface area contributed by atoms with Crippen molar-refractivity contribution in [2.24, 2.45) is 0 Å². The van der Waals surface area contributed by atoms with Crippen LogP contribution in [0, 0.1) is 0 Å². The van der Waals surface area contributed by atoms with Gasteiger partial charge in [-0.05, 0) is 48.0 Å². The lowest BCUT2D eigenvalue weighted by Gasteiger charge is -2.25. The highest BCUT2D eigenvalue weighted by molar-refractivity contribution is 6.46. The fraction of sp³-hybridized carbons (Fsp3) is 0.160. The van der Waals surface area contributed by atoms with E-state index in [0.29, 0.717) is 46.6 Å². The van der Waals surface area contributed by atoms with Crippen molar-refractivity contribution in [3.05, 3.63) is 93.2 Å². The molecule has 0 saturated carbocycles. The Hall–Kier alpha value is -3.55. The second-order valence-corrected chi connectivity index (χ2v) is 8.59. The molecule has 5 rings (SSSR count). The molecule has 1 saturated heterocycles. The quantitative estimate of drug-likeness (QED) is 0.317. The van der Waals surface area contributed by atoms with Gasteiger partial charge in [-0.2, -0.15) is 0 Å². The monoisotopic (exact) mass is 496 g/mol. The van der Waals surface area contributed by atoms with Crippen LogP contribution in [-0.4, -0.2) is 39.9 Å². The highest BCUT2D eigenvalue weighted by Crippen LogP contribution is 2.42. The van der Waals surface area contributed by atoms with Gasteiger partial charge in [0.05, 0.1) is 33.9 Å². The summed E-state index contributed by atoms with van der Waals surface area (Å²) >= 11 is 12.4.